The maximum atomic E-state index is 5.22. The Labute approximate surface area is 89.5 Å². The molecule has 15 heavy (non-hydrogen) atoms. The summed E-state index contributed by atoms with van der Waals surface area (Å²) in [5.41, 5.74) is 11.4. The van der Waals surface area contributed by atoms with E-state index < -0.39 is 0 Å². The number of aromatic nitrogens is 1. The van der Waals surface area contributed by atoms with Crippen LogP contribution in [0.4, 0.5) is 0 Å². The quantitative estimate of drug-likeness (QED) is 0.567. The molecule has 0 saturated heterocycles. The molecule has 0 aliphatic heterocycles. The largest absolute Gasteiger partial charge is 0.370 e. The number of hydrogen-bond acceptors (Lipinski definition) is 3. The van der Waals surface area contributed by atoms with Crippen molar-refractivity contribution < 1.29 is 4.52 Å². The first-order chi connectivity index (χ1) is 7.17. The zero-order chi connectivity index (χ0) is 11.3. The molecule has 5 heteroatoms. The Balaban J connectivity index is 2.67. The van der Waals surface area contributed by atoms with Crippen LogP contribution < -0.4 is 11.5 Å². The minimum atomic E-state index is 0.0653. The van der Waals surface area contributed by atoms with Gasteiger partial charge in [0, 0.05) is 12.0 Å². The van der Waals surface area contributed by atoms with Crippen LogP contribution in [0.25, 0.3) is 0 Å². The zero-order valence-corrected chi connectivity index (χ0v) is 9.23. The molecule has 0 spiro atoms. The minimum Gasteiger partial charge on any atom is -0.370 e. The Kier molecular flexibility index (Phi) is 4.15. The third-order valence-electron chi connectivity index (χ3n) is 2.40. The van der Waals surface area contributed by atoms with E-state index >= 15 is 0 Å². The molecular formula is C10H18N4O. The van der Waals surface area contributed by atoms with E-state index in [1.54, 1.807) is 0 Å². The number of rotatable bonds is 5. The number of nitrogens with zero attached hydrogens (tertiary/aromatic N) is 2. The van der Waals surface area contributed by atoms with Crippen molar-refractivity contribution in [1.82, 2.24) is 5.16 Å². The lowest BCUT2D eigenvalue weighted by Gasteiger charge is -2.05. The number of hydrogen-bond donors (Lipinski definition) is 2. The summed E-state index contributed by atoms with van der Waals surface area (Å²) in [6, 6.07) is 1.92. The van der Waals surface area contributed by atoms with Crippen LogP contribution in [0, 0.1) is 0 Å². The fourth-order valence-electron chi connectivity index (χ4n) is 1.47. The zero-order valence-electron chi connectivity index (χ0n) is 9.23. The standard InChI is InChI=1S/C10H18N4O/c1-3-7(4-2)9-5-8(15-14-9)6-13-10(11)12/h5,7H,3-4,6H2,1-2H3,(H4,11,12,13). The summed E-state index contributed by atoms with van der Waals surface area (Å²) in [5.74, 6) is 1.22. The highest BCUT2D eigenvalue weighted by molar-refractivity contribution is 5.75. The topological polar surface area (TPSA) is 90.4 Å². The third-order valence-corrected chi connectivity index (χ3v) is 2.40. The molecule has 0 bridgehead atoms. The van der Waals surface area contributed by atoms with Gasteiger partial charge in [0.1, 0.15) is 6.54 Å². The Morgan fingerprint density at radius 1 is 1.47 bits per heavy atom. The van der Waals surface area contributed by atoms with E-state index in [0.717, 1.165) is 18.5 Å². The lowest BCUT2D eigenvalue weighted by Crippen LogP contribution is -2.22. The molecule has 1 heterocycles. The van der Waals surface area contributed by atoms with Gasteiger partial charge in [0.05, 0.1) is 5.69 Å². The normalized spacial score (nSPS) is 10.6. The molecule has 0 atom stereocenters. The number of guanidine groups is 1. The van der Waals surface area contributed by atoms with E-state index in [0.29, 0.717) is 18.2 Å². The van der Waals surface area contributed by atoms with Crippen LogP contribution >= 0.6 is 0 Å². The Morgan fingerprint density at radius 3 is 2.67 bits per heavy atom. The molecule has 0 saturated carbocycles. The van der Waals surface area contributed by atoms with Crippen molar-refractivity contribution in [2.45, 2.75) is 39.2 Å². The highest BCUT2D eigenvalue weighted by Crippen LogP contribution is 2.22. The summed E-state index contributed by atoms with van der Waals surface area (Å²) >= 11 is 0. The van der Waals surface area contributed by atoms with Crippen molar-refractivity contribution in [3.8, 4) is 0 Å². The van der Waals surface area contributed by atoms with Crippen LogP contribution in [0.2, 0.25) is 0 Å². The minimum absolute atomic E-state index is 0.0653. The Hall–Kier alpha value is -1.52. The SMILES string of the molecule is CCC(CC)c1cc(CN=C(N)N)on1. The first-order valence-corrected chi connectivity index (χ1v) is 5.18. The van der Waals surface area contributed by atoms with Crippen LogP contribution in [0.5, 0.6) is 0 Å². The van der Waals surface area contributed by atoms with E-state index in [4.69, 9.17) is 16.0 Å². The molecule has 0 radical (unpaired) electrons. The predicted octanol–water partition coefficient (Wildman–Crippen LogP) is 1.35. The van der Waals surface area contributed by atoms with Crippen LogP contribution in [0.1, 0.15) is 44.1 Å². The van der Waals surface area contributed by atoms with Gasteiger partial charge in [0.25, 0.3) is 0 Å². The van der Waals surface area contributed by atoms with Crippen molar-refractivity contribution in [3.63, 3.8) is 0 Å². The van der Waals surface area contributed by atoms with E-state index in [-0.39, 0.29) is 5.96 Å². The van der Waals surface area contributed by atoms with Gasteiger partial charge in [0.2, 0.25) is 0 Å². The van der Waals surface area contributed by atoms with Crippen LogP contribution in [0.15, 0.2) is 15.6 Å². The average molecular weight is 210 g/mol. The smallest absolute Gasteiger partial charge is 0.186 e. The second-order valence-corrected chi connectivity index (χ2v) is 3.47. The summed E-state index contributed by atoms with van der Waals surface area (Å²) in [4.78, 5) is 3.86. The van der Waals surface area contributed by atoms with Crippen LogP contribution in [0.3, 0.4) is 0 Å². The molecule has 1 rings (SSSR count). The number of nitrogens with two attached hydrogens (primary N) is 2. The molecule has 4 N–H and O–H groups in total. The third kappa shape index (κ3) is 3.27. The first kappa shape index (κ1) is 11.6. The molecule has 0 fully saturated rings. The molecule has 1 aromatic rings. The Morgan fingerprint density at radius 2 is 2.13 bits per heavy atom. The summed E-state index contributed by atoms with van der Waals surface area (Å²) in [5, 5.41) is 4.01. The van der Waals surface area contributed by atoms with Gasteiger partial charge in [-0.2, -0.15) is 0 Å². The molecule has 0 aliphatic carbocycles. The van der Waals surface area contributed by atoms with Crippen LogP contribution in [-0.2, 0) is 6.54 Å². The summed E-state index contributed by atoms with van der Waals surface area (Å²) in [6.07, 6.45) is 2.12. The van der Waals surface area contributed by atoms with Crippen molar-refractivity contribution >= 4 is 5.96 Å². The lowest BCUT2D eigenvalue weighted by atomic mass is 9.99. The van der Waals surface area contributed by atoms with Gasteiger partial charge >= 0.3 is 0 Å². The maximum Gasteiger partial charge on any atom is 0.186 e. The molecular weight excluding hydrogens is 192 g/mol. The molecule has 5 nitrogen and oxygen atoms in total. The average Bonchev–Trinajstić information content (AvgIpc) is 2.65. The van der Waals surface area contributed by atoms with E-state index in [9.17, 15) is 0 Å². The van der Waals surface area contributed by atoms with Gasteiger partial charge < -0.3 is 16.0 Å². The fraction of sp³-hybridized carbons (Fsp3) is 0.600. The monoisotopic (exact) mass is 210 g/mol. The van der Waals surface area contributed by atoms with Gasteiger partial charge in [-0.15, -0.1) is 0 Å². The molecule has 0 aliphatic rings. The number of aliphatic imine (C=N–C) groups is 1. The second-order valence-electron chi connectivity index (χ2n) is 3.47. The van der Waals surface area contributed by atoms with Crippen LogP contribution in [-0.4, -0.2) is 11.1 Å². The highest BCUT2D eigenvalue weighted by atomic mass is 16.5. The fourth-order valence-corrected chi connectivity index (χ4v) is 1.47. The molecule has 0 amide bonds. The summed E-state index contributed by atoms with van der Waals surface area (Å²) in [6.45, 7) is 4.63. The maximum absolute atomic E-state index is 5.22. The summed E-state index contributed by atoms with van der Waals surface area (Å²) < 4.78 is 5.13. The van der Waals surface area contributed by atoms with Gasteiger partial charge in [0.15, 0.2) is 11.7 Å². The van der Waals surface area contributed by atoms with Crippen molar-refractivity contribution in [1.29, 1.82) is 0 Å². The van der Waals surface area contributed by atoms with Gasteiger partial charge in [-0.25, -0.2) is 4.99 Å². The van der Waals surface area contributed by atoms with Gasteiger partial charge in [-0.05, 0) is 12.8 Å². The van der Waals surface area contributed by atoms with Crippen molar-refractivity contribution in [3.05, 3.63) is 17.5 Å². The van der Waals surface area contributed by atoms with Crippen molar-refractivity contribution in [2.24, 2.45) is 16.5 Å². The first-order valence-electron chi connectivity index (χ1n) is 5.18. The van der Waals surface area contributed by atoms with Gasteiger partial charge in [-0.3, -0.25) is 0 Å². The van der Waals surface area contributed by atoms with E-state index in [2.05, 4.69) is 24.0 Å². The Bertz CT molecular complexity index is 324. The van der Waals surface area contributed by atoms with Crippen molar-refractivity contribution in [2.75, 3.05) is 0 Å². The predicted molar refractivity (Wildman–Crippen MR) is 59.3 cm³/mol. The van der Waals surface area contributed by atoms with E-state index in [1.165, 1.54) is 0 Å². The molecule has 0 unspecified atom stereocenters. The second kappa shape index (κ2) is 5.38. The summed E-state index contributed by atoms with van der Waals surface area (Å²) in [7, 11) is 0. The lowest BCUT2D eigenvalue weighted by molar-refractivity contribution is 0.372. The molecule has 1 aromatic heterocycles. The highest BCUT2D eigenvalue weighted by Gasteiger charge is 2.12. The van der Waals surface area contributed by atoms with Gasteiger partial charge in [-0.1, -0.05) is 19.0 Å². The van der Waals surface area contributed by atoms with E-state index in [1.807, 2.05) is 6.07 Å². The molecule has 0 aromatic carbocycles. The molecule has 84 valence electrons.